The Morgan fingerprint density at radius 2 is 2.06 bits per heavy atom. The molecule has 0 bridgehead atoms. The summed E-state index contributed by atoms with van der Waals surface area (Å²) in [5, 5.41) is 2.66. The molecule has 3 rings (SSSR count). The number of benzene rings is 1. The molecule has 0 saturated carbocycles. The van der Waals surface area contributed by atoms with Gasteiger partial charge in [0.05, 0.1) is 7.11 Å². The van der Waals surface area contributed by atoms with E-state index in [1.165, 1.54) is 7.11 Å². The maximum absolute atomic E-state index is 11.4. The van der Waals surface area contributed by atoms with Crippen LogP contribution in [0.1, 0.15) is 10.5 Å². The minimum Gasteiger partial charge on any atom is -0.464 e. The van der Waals surface area contributed by atoms with Crippen LogP contribution in [-0.4, -0.2) is 23.0 Å². The van der Waals surface area contributed by atoms with Crippen molar-refractivity contribution in [2.24, 2.45) is 0 Å². The highest BCUT2D eigenvalue weighted by molar-refractivity contribution is 6.31. The Balaban J connectivity index is 2.28. The molecule has 3 aromatic rings. The zero-order valence-corrected chi connectivity index (χ0v) is 9.76. The molecule has 17 heavy (non-hydrogen) atoms. The minimum absolute atomic E-state index is 0.378. The Labute approximate surface area is 102 Å². The number of carbonyl (C=O) groups is 1. The van der Waals surface area contributed by atoms with Gasteiger partial charge in [-0.1, -0.05) is 17.7 Å². The Hall–Kier alpha value is -1.94. The number of esters is 1. The average molecular weight is 249 g/mol. The molecule has 0 saturated heterocycles. The third kappa shape index (κ3) is 1.49. The van der Waals surface area contributed by atoms with Crippen molar-refractivity contribution in [3.05, 3.63) is 35.0 Å². The number of aromatic amines is 2. The monoisotopic (exact) mass is 248 g/mol. The molecule has 0 atom stereocenters. The first-order valence-electron chi connectivity index (χ1n) is 5.07. The quantitative estimate of drug-likeness (QED) is 0.650. The summed E-state index contributed by atoms with van der Waals surface area (Å²) in [5.41, 5.74) is 2.17. The van der Waals surface area contributed by atoms with Crippen LogP contribution < -0.4 is 0 Å². The molecule has 0 aliphatic carbocycles. The topological polar surface area (TPSA) is 57.9 Å². The Morgan fingerprint density at radius 3 is 2.82 bits per heavy atom. The van der Waals surface area contributed by atoms with E-state index in [1.807, 2.05) is 18.2 Å². The molecular weight excluding hydrogens is 240 g/mol. The fourth-order valence-corrected chi connectivity index (χ4v) is 2.15. The highest BCUT2D eigenvalue weighted by Crippen LogP contribution is 2.28. The molecule has 86 valence electrons. The zero-order chi connectivity index (χ0) is 12.0. The molecule has 1 aromatic carbocycles. The van der Waals surface area contributed by atoms with Crippen molar-refractivity contribution >= 4 is 39.5 Å². The molecule has 2 heterocycles. The van der Waals surface area contributed by atoms with Gasteiger partial charge >= 0.3 is 5.97 Å². The largest absolute Gasteiger partial charge is 0.464 e. The van der Waals surface area contributed by atoms with Gasteiger partial charge in [-0.2, -0.15) is 0 Å². The number of fused-ring (bicyclic) bond motifs is 3. The van der Waals surface area contributed by atoms with Crippen LogP contribution >= 0.6 is 11.6 Å². The van der Waals surface area contributed by atoms with Crippen LogP contribution in [0, 0.1) is 0 Å². The van der Waals surface area contributed by atoms with E-state index in [9.17, 15) is 4.79 Å². The first-order chi connectivity index (χ1) is 8.19. The van der Waals surface area contributed by atoms with Gasteiger partial charge in [-0.3, -0.25) is 0 Å². The summed E-state index contributed by atoms with van der Waals surface area (Å²) in [4.78, 5) is 17.5. The van der Waals surface area contributed by atoms with Crippen LogP contribution in [0.2, 0.25) is 5.02 Å². The van der Waals surface area contributed by atoms with Gasteiger partial charge in [-0.05, 0) is 18.2 Å². The van der Waals surface area contributed by atoms with Gasteiger partial charge in [0.25, 0.3) is 0 Å². The van der Waals surface area contributed by atoms with Gasteiger partial charge in [-0.15, -0.1) is 0 Å². The summed E-state index contributed by atoms with van der Waals surface area (Å²) in [7, 11) is 1.36. The second kappa shape index (κ2) is 3.53. The van der Waals surface area contributed by atoms with Crippen molar-refractivity contribution in [1.82, 2.24) is 9.97 Å². The predicted octanol–water partition coefficient (Wildman–Crippen LogP) is 3.09. The number of rotatable bonds is 1. The van der Waals surface area contributed by atoms with Gasteiger partial charge in [-0.25, -0.2) is 4.79 Å². The highest BCUT2D eigenvalue weighted by Gasteiger charge is 2.13. The summed E-state index contributed by atoms with van der Waals surface area (Å²) < 4.78 is 4.66. The maximum Gasteiger partial charge on any atom is 0.354 e. The Bertz CT molecular complexity index is 727. The molecule has 5 heteroatoms. The van der Waals surface area contributed by atoms with Gasteiger partial charge in [0.2, 0.25) is 0 Å². The second-order valence-corrected chi connectivity index (χ2v) is 4.21. The summed E-state index contributed by atoms with van der Waals surface area (Å²) in [6.45, 7) is 0. The minimum atomic E-state index is -0.378. The molecule has 0 amide bonds. The fourth-order valence-electron chi connectivity index (χ4n) is 1.97. The van der Waals surface area contributed by atoms with Crippen molar-refractivity contribution in [1.29, 1.82) is 0 Å². The number of hydrogen-bond donors (Lipinski definition) is 2. The van der Waals surface area contributed by atoms with Crippen LogP contribution in [0.5, 0.6) is 0 Å². The number of methoxy groups -OCH3 is 1. The number of ether oxygens (including phenoxy) is 1. The summed E-state index contributed by atoms with van der Waals surface area (Å²) in [5.74, 6) is -0.378. The van der Waals surface area contributed by atoms with Gasteiger partial charge in [0.15, 0.2) is 0 Å². The van der Waals surface area contributed by atoms with Gasteiger partial charge in [0.1, 0.15) is 11.3 Å². The normalized spacial score (nSPS) is 11.2. The maximum atomic E-state index is 11.4. The van der Waals surface area contributed by atoms with E-state index in [-0.39, 0.29) is 5.97 Å². The smallest absolute Gasteiger partial charge is 0.354 e. The number of aromatic nitrogens is 2. The lowest BCUT2D eigenvalue weighted by molar-refractivity contribution is 0.0595. The molecule has 0 radical (unpaired) electrons. The van der Waals surface area contributed by atoms with Crippen LogP contribution in [0.15, 0.2) is 24.3 Å². The first kappa shape index (κ1) is 10.2. The van der Waals surface area contributed by atoms with Crippen molar-refractivity contribution in [3.8, 4) is 0 Å². The third-order valence-electron chi connectivity index (χ3n) is 2.75. The van der Waals surface area contributed by atoms with Crippen LogP contribution in [0.3, 0.4) is 0 Å². The van der Waals surface area contributed by atoms with Crippen molar-refractivity contribution in [3.63, 3.8) is 0 Å². The molecule has 4 nitrogen and oxygen atoms in total. The number of hydrogen-bond acceptors (Lipinski definition) is 2. The van der Waals surface area contributed by atoms with Crippen molar-refractivity contribution in [2.75, 3.05) is 7.11 Å². The predicted molar refractivity (Wildman–Crippen MR) is 66.5 cm³/mol. The Morgan fingerprint density at radius 1 is 1.24 bits per heavy atom. The van der Waals surface area contributed by atoms with Crippen LogP contribution in [-0.2, 0) is 4.74 Å². The highest BCUT2D eigenvalue weighted by atomic mass is 35.5. The number of carbonyl (C=O) groups excluding carboxylic acids is 1. The van der Waals surface area contributed by atoms with E-state index in [0.29, 0.717) is 10.7 Å². The molecular formula is C12H9ClN2O2. The lowest BCUT2D eigenvalue weighted by Gasteiger charge is -1.94. The fraction of sp³-hybridized carbons (Fsp3) is 0.0833. The van der Waals surface area contributed by atoms with E-state index >= 15 is 0 Å². The van der Waals surface area contributed by atoms with Gasteiger partial charge < -0.3 is 14.7 Å². The van der Waals surface area contributed by atoms with E-state index in [2.05, 4.69) is 14.7 Å². The molecule has 0 spiro atoms. The molecule has 2 aromatic heterocycles. The van der Waals surface area contributed by atoms with E-state index in [1.54, 1.807) is 6.07 Å². The van der Waals surface area contributed by atoms with E-state index < -0.39 is 0 Å². The van der Waals surface area contributed by atoms with Gasteiger partial charge in [0, 0.05) is 21.3 Å². The molecule has 0 aliphatic heterocycles. The lowest BCUT2D eigenvalue weighted by atomic mass is 10.2. The molecule has 0 fully saturated rings. The SMILES string of the molecule is COC(=O)c1cc2c([nH]1)[nH]c1cc(Cl)ccc12. The molecule has 0 aliphatic rings. The lowest BCUT2D eigenvalue weighted by Crippen LogP contribution is -2.00. The molecule has 0 unspecified atom stereocenters. The number of halogens is 1. The third-order valence-corrected chi connectivity index (χ3v) is 2.99. The molecule has 2 N–H and O–H groups in total. The zero-order valence-electron chi connectivity index (χ0n) is 9.00. The summed E-state index contributed by atoms with van der Waals surface area (Å²) >= 11 is 5.91. The van der Waals surface area contributed by atoms with Crippen LogP contribution in [0.4, 0.5) is 0 Å². The van der Waals surface area contributed by atoms with Crippen molar-refractivity contribution in [2.45, 2.75) is 0 Å². The van der Waals surface area contributed by atoms with E-state index in [4.69, 9.17) is 11.6 Å². The number of nitrogens with one attached hydrogen (secondary N) is 2. The average Bonchev–Trinajstić information content (AvgIpc) is 2.84. The van der Waals surface area contributed by atoms with Crippen molar-refractivity contribution < 1.29 is 9.53 Å². The second-order valence-electron chi connectivity index (χ2n) is 3.78. The summed E-state index contributed by atoms with van der Waals surface area (Å²) in [6.07, 6.45) is 0. The number of H-pyrrole nitrogens is 2. The van der Waals surface area contributed by atoms with E-state index in [0.717, 1.165) is 21.9 Å². The standard InChI is InChI=1S/C12H9ClN2O2/c1-17-12(16)10-5-8-7-3-2-6(13)4-9(7)14-11(8)15-10/h2-5,14-15H,1H3. The first-order valence-corrected chi connectivity index (χ1v) is 5.45. The van der Waals surface area contributed by atoms with Crippen LogP contribution in [0.25, 0.3) is 21.9 Å². The summed E-state index contributed by atoms with van der Waals surface area (Å²) in [6, 6.07) is 7.36. The Kier molecular flexibility index (Phi) is 2.12.